The Labute approximate surface area is 374 Å². The van der Waals surface area contributed by atoms with E-state index in [0.29, 0.717) is 70.9 Å². The Bertz CT molecular complexity index is 1990. The molecule has 18 nitrogen and oxygen atoms in total. The maximum atomic E-state index is 14.4. The molecule has 4 fully saturated rings. The summed E-state index contributed by atoms with van der Waals surface area (Å²) in [6.07, 6.45) is 4.60. The molecule has 0 spiro atoms. The number of phenols is 1. The van der Waals surface area contributed by atoms with E-state index in [1.807, 2.05) is 44.2 Å². The maximum absolute atomic E-state index is 14.4. The smallest absolute Gasteiger partial charge is 0.475 e. The van der Waals surface area contributed by atoms with E-state index in [-0.39, 0.29) is 37.6 Å². The zero-order chi connectivity index (χ0) is 46.1. The highest BCUT2D eigenvalue weighted by Crippen LogP contribution is 2.25. The van der Waals surface area contributed by atoms with E-state index in [0.717, 1.165) is 11.1 Å². The number of amides is 7. The van der Waals surface area contributed by atoms with E-state index in [1.54, 1.807) is 12.1 Å². The number of nitrogens with two attached hydrogens (primary N) is 1. The summed E-state index contributed by atoms with van der Waals surface area (Å²) in [5.74, 6) is -4.27. The molecular formula is C45H63BN8O10. The Kier molecular flexibility index (Phi) is 16.4. The minimum absolute atomic E-state index is 0.0905. The fraction of sp³-hybridized carbons (Fsp3) is 0.578. The Morgan fingerprint density at radius 3 is 1.83 bits per heavy atom. The lowest BCUT2D eigenvalue weighted by Crippen LogP contribution is -2.59. The van der Waals surface area contributed by atoms with Gasteiger partial charge in [0.1, 0.15) is 36.0 Å². The third kappa shape index (κ3) is 11.4. The van der Waals surface area contributed by atoms with Crippen molar-refractivity contribution < 1.29 is 48.7 Å². The van der Waals surface area contributed by atoms with Gasteiger partial charge in [-0.2, -0.15) is 0 Å². The maximum Gasteiger partial charge on any atom is 0.475 e. The molecule has 2 aromatic carbocycles. The van der Waals surface area contributed by atoms with E-state index < -0.39 is 97.2 Å². The summed E-state index contributed by atoms with van der Waals surface area (Å²) in [6, 6.07) is 9.92. The van der Waals surface area contributed by atoms with Crippen LogP contribution in [0.4, 0.5) is 0 Å². The minimum Gasteiger partial charge on any atom is -0.508 e. The largest absolute Gasteiger partial charge is 0.508 e. The normalized spacial score (nSPS) is 22.7. The van der Waals surface area contributed by atoms with Crippen LogP contribution >= 0.6 is 0 Å². The van der Waals surface area contributed by atoms with E-state index in [2.05, 4.69) is 16.0 Å². The lowest BCUT2D eigenvalue weighted by atomic mass is 9.77. The first kappa shape index (κ1) is 47.9. The van der Waals surface area contributed by atoms with Gasteiger partial charge in [-0.15, -0.1) is 0 Å². The Hall–Kier alpha value is -5.53. The van der Waals surface area contributed by atoms with E-state index in [9.17, 15) is 48.7 Å². The molecular weight excluding hydrogens is 823 g/mol. The van der Waals surface area contributed by atoms with Gasteiger partial charge in [-0.1, -0.05) is 62.7 Å². The lowest BCUT2D eigenvalue weighted by molar-refractivity contribution is -0.144. The van der Waals surface area contributed by atoms with Crippen LogP contribution in [0.3, 0.4) is 0 Å². The van der Waals surface area contributed by atoms with Gasteiger partial charge < -0.3 is 56.4 Å². The number of phenolic OH excluding ortho intramolecular Hbond substituents is 1. The molecule has 8 N–H and O–H groups in total. The average Bonchev–Trinajstić information content (AvgIpc) is 4.14. The first-order valence-electron chi connectivity index (χ1n) is 22.7. The number of hydrogen-bond acceptors (Lipinski definition) is 11. The predicted molar refractivity (Wildman–Crippen MR) is 235 cm³/mol. The van der Waals surface area contributed by atoms with Gasteiger partial charge in [-0.05, 0) is 87.0 Å². The molecule has 0 bridgehead atoms. The molecule has 4 heterocycles. The highest BCUT2D eigenvalue weighted by molar-refractivity contribution is 6.43. The summed E-state index contributed by atoms with van der Waals surface area (Å²) in [6.45, 7) is 4.46. The van der Waals surface area contributed by atoms with Crippen molar-refractivity contribution in [3.63, 3.8) is 0 Å². The zero-order valence-corrected chi connectivity index (χ0v) is 36.8. The third-order valence-electron chi connectivity index (χ3n) is 13.3. The number of nitrogens with zero attached hydrogens (tertiary/aromatic N) is 4. The number of carbonyl (C=O) groups is 7. The number of nitrogens with one attached hydrogen (secondary N) is 3. The standard InChI is InChI=1S/C45H63BN8O10/c1-3-28(2)39(45(62)54-24-10-16-37(54)46(63)64)50-42(59)35-14-7-21-51(35)38(56)27-48-40(57)34-13-8-23-53(34)44(61)33(26-29-11-5-4-6-12-29)49-41(58)36-15-9-22-52(36)43(60)32(47)25-30-17-19-31(55)20-18-30/h4-6,11-12,17-20,28,32-37,39,55,63-64H,3,7-10,13-16,21-27,47H2,1-2H3,(H,48,57)(H,49,58)(H,50,59)/t28?,32-,33-,34-,35-,36-,37-,39-/m0/s1. The van der Waals surface area contributed by atoms with Gasteiger partial charge in [0, 0.05) is 32.6 Å². The zero-order valence-electron chi connectivity index (χ0n) is 36.8. The van der Waals surface area contributed by atoms with Crippen molar-refractivity contribution >= 4 is 48.5 Å². The Morgan fingerprint density at radius 2 is 1.20 bits per heavy atom. The van der Waals surface area contributed by atoms with Crippen LogP contribution in [0.2, 0.25) is 0 Å². The second-order valence-electron chi connectivity index (χ2n) is 17.6. The molecule has 19 heteroatoms. The number of rotatable bonds is 17. The Morgan fingerprint density at radius 1 is 0.672 bits per heavy atom. The fourth-order valence-electron chi connectivity index (χ4n) is 9.52. The minimum atomic E-state index is -1.70. The van der Waals surface area contributed by atoms with Gasteiger partial charge in [0.05, 0.1) is 18.5 Å². The van der Waals surface area contributed by atoms with Gasteiger partial charge in [-0.25, -0.2) is 0 Å². The summed E-state index contributed by atoms with van der Waals surface area (Å²) in [4.78, 5) is 102. The lowest BCUT2D eigenvalue weighted by Gasteiger charge is -2.33. The van der Waals surface area contributed by atoms with E-state index in [4.69, 9.17) is 5.73 Å². The summed E-state index contributed by atoms with van der Waals surface area (Å²) < 4.78 is 0. The number of aromatic hydroxyl groups is 1. The molecule has 4 saturated heterocycles. The molecule has 0 aliphatic carbocycles. The molecule has 6 rings (SSSR count). The highest BCUT2D eigenvalue weighted by Gasteiger charge is 2.44. The van der Waals surface area contributed by atoms with Crippen LogP contribution in [-0.4, -0.2) is 158 Å². The SMILES string of the molecule is CCC(C)[C@H](NC(=O)[C@@H]1CCCN1C(=O)CNC(=O)[C@@H]1CCCN1C(=O)[C@H](Cc1ccccc1)NC(=O)[C@@H]1CCCN1C(=O)[C@@H](N)Cc1ccc(O)cc1)C(=O)N1CCC[C@H]1B(O)O. The van der Waals surface area contributed by atoms with Gasteiger partial charge in [0.25, 0.3) is 0 Å². The molecule has 8 atom stereocenters. The molecule has 1 unspecified atom stereocenters. The van der Waals surface area contributed by atoms with Crippen LogP contribution in [-0.2, 0) is 46.4 Å². The van der Waals surface area contributed by atoms with Gasteiger partial charge in [-0.3, -0.25) is 33.6 Å². The van der Waals surface area contributed by atoms with Crippen molar-refractivity contribution in [3.05, 3.63) is 65.7 Å². The van der Waals surface area contributed by atoms with Gasteiger partial charge >= 0.3 is 7.12 Å². The fourth-order valence-corrected chi connectivity index (χ4v) is 9.52. The molecule has 7 amide bonds. The molecule has 2 aromatic rings. The molecule has 346 valence electrons. The third-order valence-corrected chi connectivity index (χ3v) is 13.3. The van der Waals surface area contributed by atoms with Crippen molar-refractivity contribution in [2.45, 2.75) is 127 Å². The van der Waals surface area contributed by atoms with Crippen molar-refractivity contribution in [3.8, 4) is 5.75 Å². The number of hydrogen-bond donors (Lipinski definition) is 7. The number of carbonyl (C=O) groups excluding carboxylic acids is 7. The second-order valence-corrected chi connectivity index (χ2v) is 17.6. The average molecular weight is 887 g/mol. The monoisotopic (exact) mass is 886 g/mol. The quantitative estimate of drug-likeness (QED) is 0.101. The van der Waals surface area contributed by atoms with Crippen LogP contribution in [0.1, 0.15) is 82.8 Å². The highest BCUT2D eigenvalue weighted by atomic mass is 16.4. The van der Waals surface area contributed by atoms with Crippen molar-refractivity contribution in [2.24, 2.45) is 11.7 Å². The summed E-state index contributed by atoms with van der Waals surface area (Å²) in [5, 5.41) is 37.8. The predicted octanol–water partition coefficient (Wildman–Crippen LogP) is -0.387. The molecule has 64 heavy (non-hydrogen) atoms. The van der Waals surface area contributed by atoms with Crippen molar-refractivity contribution in [2.75, 3.05) is 32.7 Å². The summed E-state index contributed by atoms with van der Waals surface area (Å²) in [5.41, 5.74) is 7.85. The molecule has 0 aromatic heterocycles. The van der Waals surface area contributed by atoms with Gasteiger partial charge in [0.15, 0.2) is 0 Å². The topological polar surface area (TPSA) is 255 Å². The molecule has 0 radical (unpaired) electrons. The van der Waals surface area contributed by atoms with Crippen LogP contribution < -0.4 is 21.7 Å². The first-order valence-corrected chi connectivity index (χ1v) is 22.7. The van der Waals surface area contributed by atoms with Crippen LogP contribution in [0.25, 0.3) is 0 Å². The number of likely N-dealkylation sites (tertiary alicyclic amines) is 4. The molecule has 4 aliphatic heterocycles. The summed E-state index contributed by atoms with van der Waals surface area (Å²) in [7, 11) is -1.70. The number of benzene rings is 2. The van der Waals surface area contributed by atoms with Crippen LogP contribution in [0.5, 0.6) is 5.75 Å². The first-order chi connectivity index (χ1) is 30.7. The molecule has 0 saturated carbocycles. The summed E-state index contributed by atoms with van der Waals surface area (Å²) >= 11 is 0. The van der Waals surface area contributed by atoms with Crippen molar-refractivity contribution in [1.29, 1.82) is 0 Å². The van der Waals surface area contributed by atoms with Crippen molar-refractivity contribution in [1.82, 2.24) is 35.6 Å². The molecule has 4 aliphatic rings. The van der Waals surface area contributed by atoms with Gasteiger partial charge in [0.2, 0.25) is 41.4 Å². The van der Waals surface area contributed by atoms with Crippen LogP contribution in [0.15, 0.2) is 54.6 Å². The van der Waals surface area contributed by atoms with Crippen LogP contribution in [0, 0.1) is 5.92 Å². The second kappa shape index (κ2) is 21.9. The van der Waals surface area contributed by atoms with E-state index >= 15 is 0 Å². The van der Waals surface area contributed by atoms with E-state index in [1.165, 1.54) is 31.7 Å². The Balaban J connectivity index is 1.07.